The molecule has 0 saturated heterocycles. The molecule has 0 radical (unpaired) electrons. The van der Waals surface area contributed by atoms with Gasteiger partial charge >= 0.3 is 12.1 Å². The van der Waals surface area contributed by atoms with Gasteiger partial charge in [-0.2, -0.15) is 32.1 Å². The van der Waals surface area contributed by atoms with E-state index in [2.05, 4.69) is 36.4 Å². The molecule has 1 N–H and O–H groups in total. The molecule has 0 fully saturated rings. The first-order chi connectivity index (χ1) is 19.2. The van der Waals surface area contributed by atoms with E-state index in [1.54, 1.807) is 24.4 Å². The number of carbonyl (C=O) groups is 1. The minimum atomic E-state index is -5.98. The number of aromatic nitrogens is 5. The van der Waals surface area contributed by atoms with Gasteiger partial charge in [0, 0.05) is 17.8 Å². The summed E-state index contributed by atoms with van der Waals surface area (Å²) in [7, 11) is 0. The minimum absolute atomic E-state index is 0.0212. The SMILES string of the molecule is O=C(Nc1nn(Cc2ccc(Cl)c(Cl)c2)cc1Br)c1cc2nc(-c3ccc(F)cc3)cc(C(F)(F)C(F)(F)F)n2n1. The molecule has 0 spiro atoms. The number of nitrogens with zero attached hydrogens (tertiary/aromatic N) is 5. The molecular formula is C25H13BrCl2F6N6O. The molecule has 3 heterocycles. The van der Waals surface area contributed by atoms with Crippen molar-refractivity contribution in [3.8, 4) is 11.3 Å². The van der Waals surface area contributed by atoms with E-state index in [1.165, 1.54) is 16.8 Å². The Hall–Kier alpha value is -3.62. The lowest BCUT2D eigenvalue weighted by atomic mass is 10.1. The quantitative estimate of drug-likeness (QED) is 0.187. The molecule has 0 atom stereocenters. The van der Waals surface area contributed by atoms with E-state index in [-0.39, 0.29) is 28.1 Å². The molecule has 16 heteroatoms. The van der Waals surface area contributed by atoms with E-state index in [9.17, 15) is 31.1 Å². The van der Waals surface area contributed by atoms with Crippen molar-refractivity contribution >= 4 is 56.5 Å². The molecule has 7 nitrogen and oxygen atoms in total. The summed E-state index contributed by atoms with van der Waals surface area (Å²) in [6.07, 6.45) is -4.44. The van der Waals surface area contributed by atoms with Crippen molar-refractivity contribution in [2.75, 3.05) is 5.32 Å². The van der Waals surface area contributed by atoms with Crippen LogP contribution < -0.4 is 5.32 Å². The first kappa shape index (κ1) is 28.9. The number of halogens is 9. The molecule has 3 aromatic heterocycles. The van der Waals surface area contributed by atoms with Gasteiger partial charge in [-0.3, -0.25) is 9.48 Å². The first-order valence-electron chi connectivity index (χ1n) is 11.3. The number of nitrogens with one attached hydrogen (secondary N) is 1. The van der Waals surface area contributed by atoms with Crippen molar-refractivity contribution in [2.45, 2.75) is 18.6 Å². The molecule has 0 saturated carbocycles. The summed E-state index contributed by atoms with van der Waals surface area (Å²) in [6.45, 7) is 0.242. The van der Waals surface area contributed by atoms with Crippen LogP contribution in [-0.4, -0.2) is 36.5 Å². The fourth-order valence-corrected chi connectivity index (χ4v) is 4.52. The molecular weight excluding hydrogens is 665 g/mol. The van der Waals surface area contributed by atoms with Crippen LogP contribution >= 0.6 is 39.1 Å². The average Bonchev–Trinajstić information content (AvgIpc) is 3.48. The van der Waals surface area contributed by atoms with Crippen LogP contribution in [0.3, 0.4) is 0 Å². The molecule has 0 aliphatic heterocycles. The third kappa shape index (κ3) is 5.76. The van der Waals surface area contributed by atoms with Crippen molar-refractivity contribution < 1.29 is 31.1 Å². The Morgan fingerprint density at radius 2 is 1.66 bits per heavy atom. The number of amides is 1. The van der Waals surface area contributed by atoms with Gasteiger partial charge in [0.05, 0.1) is 26.8 Å². The fourth-order valence-electron chi connectivity index (χ4n) is 3.78. The lowest BCUT2D eigenvalue weighted by molar-refractivity contribution is -0.291. The largest absolute Gasteiger partial charge is 0.459 e. The summed E-state index contributed by atoms with van der Waals surface area (Å²) in [5.74, 6) is -6.95. The number of rotatable bonds is 6. The van der Waals surface area contributed by atoms with Crippen LogP contribution in [0.25, 0.3) is 16.9 Å². The van der Waals surface area contributed by atoms with Crippen LogP contribution in [0.5, 0.6) is 0 Å². The Bertz CT molecular complexity index is 1790. The van der Waals surface area contributed by atoms with Gasteiger partial charge in [-0.25, -0.2) is 13.9 Å². The first-order valence-corrected chi connectivity index (χ1v) is 12.9. The highest BCUT2D eigenvalue weighted by atomic mass is 79.9. The molecule has 0 bridgehead atoms. The normalized spacial score (nSPS) is 12.2. The zero-order valence-corrected chi connectivity index (χ0v) is 23.1. The van der Waals surface area contributed by atoms with Gasteiger partial charge in [-0.1, -0.05) is 29.3 Å². The van der Waals surface area contributed by atoms with E-state index >= 15 is 0 Å². The summed E-state index contributed by atoms with van der Waals surface area (Å²) in [5.41, 5.74) is -2.07. The van der Waals surface area contributed by atoms with Crippen LogP contribution in [0, 0.1) is 5.82 Å². The average molecular weight is 678 g/mol. The highest BCUT2D eigenvalue weighted by Crippen LogP contribution is 2.44. The van der Waals surface area contributed by atoms with Crippen LogP contribution in [0.4, 0.5) is 32.2 Å². The molecule has 212 valence electrons. The van der Waals surface area contributed by atoms with E-state index in [0.717, 1.165) is 23.8 Å². The molecule has 5 rings (SSSR count). The summed E-state index contributed by atoms with van der Waals surface area (Å²) in [5, 5.41) is 11.1. The van der Waals surface area contributed by atoms with Crippen molar-refractivity contribution in [3.05, 3.63) is 98.1 Å². The summed E-state index contributed by atoms with van der Waals surface area (Å²) < 4.78 is 84.7. The van der Waals surface area contributed by atoms with Crippen molar-refractivity contribution in [3.63, 3.8) is 0 Å². The van der Waals surface area contributed by atoms with Gasteiger partial charge in [-0.15, -0.1) is 0 Å². The Labute approximate surface area is 244 Å². The maximum absolute atomic E-state index is 14.6. The zero-order chi connectivity index (χ0) is 29.7. The molecule has 1 amide bonds. The van der Waals surface area contributed by atoms with Crippen LogP contribution in [0.15, 0.2) is 65.3 Å². The topological polar surface area (TPSA) is 77.1 Å². The van der Waals surface area contributed by atoms with Crippen molar-refractivity contribution in [1.82, 2.24) is 24.4 Å². The third-order valence-corrected chi connectivity index (χ3v) is 7.07. The van der Waals surface area contributed by atoms with Crippen LogP contribution in [0.2, 0.25) is 10.0 Å². The van der Waals surface area contributed by atoms with Crippen LogP contribution in [-0.2, 0) is 12.5 Å². The van der Waals surface area contributed by atoms with E-state index in [4.69, 9.17) is 23.2 Å². The van der Waals surface area contributed by atoms with E-state index in [0.29, 0.717) is 20.6 Å². The monoisotopic (exact) mass is 676 g/mol. The molecule has 2 aromatic carbocycles. The van der Waals surface area contributed by atoms with Gasteiger partial charge in [0.1, 0.15) is 11.5 Å². The molecule has 5 aromatic rings. The number of hydrogen-bond donors (Lipinski definition) is 1. The number of carbonyl (C=O) groups excluding carboxylic acids is 1. The Morgan fingerprint density at radius 1 is 0.951 bits per heavy atom. The highest BCUT2D eigenvalue weighted by molar-refractivity contribution is 9.10. The minimum Gasteiger partial charge on any atom is -0.303 e. The second kappa shape index (κ2) is 10.7. The number of fused-ring (bicyclic) bond motifs is 1. The van der Waals surface area contributed by atoms with Gasteiger partial charge in [0.2, 0.25) is 0 Å². The number of anilines is 1. The second-order valence-electron chi connectivity index (χ2n) is 8.63. The lowest BCUT2D eigenvalue weighted by Gasteiger charge is -2.21. The lowest BCUT2D eigenvalue weighted by Crippen LogP contribution is -2.36. The summed E-state index contributed by atoms with van der Waals surface area (Å²) >= 11 is 15.2. The summed E-state index contributed by atoms with van der Waals surface area (Å²) in [4.78, 5) is 17.0. The predicted octanol–water partition coefficient (Wildman–Crippen LogP) is 7.76. The van der Waals surface area contributed by atoms with Gasteiger partial charge in [0.15, 0.2) is 17.2 Å². The summed E-state index contributed by atoms with van der Waals surface area (Å²) in [6, 6.07) is 10.7. The zero-order valence-electron chi connectivity index (χ0n) is 20.0. The predicted molar refractivity (Wildman–Crippen MR) is 142 cm³/mol. The van der Waals surface area contributed by atoms with Gasteiger partial charge < -0.3 is 5.32 Å². The van der Waals surface area contributed by atoms with E-state index < -0.39 is 40.9 Å². The molecule has 41 heavy (non-hydrogen) atoms. The molecule has 0 aliphatic carbocycles. The third-order valence-electron chi connectivity index (χ3n) is 5.76. The Balaban J connectivity index is 1.49. The number of hydrogen-bond acceptors (Lipinski definition) is 4. The second-order valence-corrected chi connectivity index (χ2v) is 10.3. The van der Waals surface area contributed by atoms with Gasteiger partial charge in [-0.05, 0) is 64.0 Å². The van der Waals surface area contributed by atoms with Gasteiger partial charge in [0.25, 0.3) is 5.91 Å². The van der Waals surface area contributed by atoms with Crippen molar-refractivity contribution in [1.29, 1.82) is 0 Å². The number of alkyl halides is 5. The maximum atomic E-state index is 14.6. The Morgan fingerprint density at radius 3 is 2.32 bits per heavy atom. The Kier molecular flexibility index (Phi) is 7.51. The van der Waals surface area contributed by atoms with Crippen molar-refractivity contribution in [2.24, 2.45) is 0 Å². The van der Waals surface area contributed by atoms with Crippen LogP contribution in [0.1, 0.15) is 21.7 Å². The molecule has 0 aliphatic rings. The standard InChI is InChI=1S/C25H13BrCl2F6N6O/c26-15-11-39(10-12-1-6-16(27)17(28)7-12)38-22(15)36-23(41)19-9-21-35-18(13-2-4-14(29)5-3-13)8-20(40(21)37-19)24(30,31)25(32,33)34/h1-9,11H,10H2,(H,36,38,41). The van der Waals surface area contributed by atoms with E-state index in [1.807, 2.05) is 0 Å². The molecule has 0 unspecified atom stereocenters. The fraction of sp³-hybridized carbons (Fsp3) is 0.120. The highest BCUT2D eigenvalue weighted by Gasteiger charge is 2.60. The maximum Gasteiger partial charge on any atom is 0.459 e. The number of benzene rings is 2. The smallest absolute Gasteiger partial charge is 0.303 e.